The minimum absolute atomic E-state index is 0.0642. The molecule has 156 valence electrons. The Hall–Kier alpha value is -3.33. The highest BCUT2D eigenvalue weighted by Gasteiger charge is 2.23. The van der Waals surface area contributed by atoms with Crippen LogP contribution in [0, 0.1) is 13.8 Å². The minimum Gasteiger partial charge on any atom is -0.348 e. The number of hydrogen-bond donors (Lipinski definition) is 3. The molecule has 0 spiro atoms. The van der Waals surface area contributed by atoms with Gasteiger partial charge < -0.3 is 16.4 Å². The summed E-state index contributed by atoms with van der Waals surface area (Å²) < 4.78 is 1.44. The largest absolute Gasteiger partial charge is 0.348 e. The number of pyridine rings is 1. The molecular weight excluding hydrogens is 382 g/mol. The van der Waals surface area contributed by atoms with Crippen LogP contribution in [0.1, 0.15) is 57.8 Å². The summed E-state index contributed by atoms with van der Waals surface area (Å²) in [4.78, 5) is 34.3. The van der Waals surface area contributed by atoms with Crippen molar-refractivity contribution >= 4 is 23.3 Å². The molecule has 9 heteroatoms. The molecule has 0 unspecified atom stereocenters. The van der Waals surface area contributed by atoms with E-state index in [-0.39, 0.29) is 29.2 Å². The van der Waals surface area contributed by atoms with Crippen molar-refractivity contribution < 1.29 is 9.59 Å². The Bertz CT molecular complexity index is 1080. The molecule has 3 aromatic heterocycles. The van der Waals surface area contributed by atoms with Crippen molar-refractivity contribution in [3.8, 4) is 0 Å². The number of hydrogen-bond acceptors (Lipinski definition) is 6. The van der Waals surface area contributed by atoms with Crippen molar-refractivity contribution in [3.63, 3.8) is 0 Å². The zero-order valence-electron chi connectivity index (χ0n) is 17.1. The van der Waals surface area contributed by atoms with Crippen LogP contribution >= 0.6 is 0 Å². The fourth-order valence-electron chi connectivity index (χ4n) is 3.81. The summed E-state index contributed by atoms with van der Waals surface area (Å²) in [6.07, 6.45) is 6.60. The summed E-state index contributed by atoms with van der Waals surface area (Å²) in [7, 11) is 0. The van der Waals surface area contributed by atoms with Gasteiger partial charge in [-0.3, -0.25) is 9.59 Å². The highest BCUT2D eigenvalue weighted by molar-refractivity contribution is 6.09. The van der Waals surface area contributed by atoms with Crippen molar-refractivity contribution in [3.05, 3.63) is 53.1 Å². The Morgan fingerprint density at radius 2 is 1.87 bits per heavy atom. The number of fused-ring (bicyclic) bond motifs is 1. The maximum Gasteiger partial charge on any atom is 0.271 e. The zero-order chi connectivity index (χ0) is 21.3. The first-order chi connectivity index (χ1) is 14.4. The smallest absolute Gasteiger partial charge is 0.271 e. The number of nitrogens with zero attached hydrogens (tertiary/aromatic N) is 4. The highest BCUT2D eigenvalue weighted by atomic mass is 16.2. The van der Waals surface area contributed by atoms with Gasteiger partial charge in [0.15, 0.2) is 5.65 Å². The first-order valence-corrected chi connectivity index (χ1v) is 10.1. The average molecular weight is 407 g/mol. The summed E-state index contributed by atoms with van der Waals surface area (Å²) >= 11 is 0. The van der Waals surface area contributed by atoms with E-state index >= 15 is 0 Å². The molecule has 1 aliphatic carbocycles. The fourth-order valence-corrected chi connectivity index (χ4v) is 3.81. The molecule has 1 aliphatic rings. The second kappa shape index (κ2) is 8.19. The van der Waals surface area contributed by atoms with Crippen molar-refractivity contribution in [1.29, 1.82) is 0 Å². The number of carbonyl (C=O) groups excluding carboxylic acids is 2. The molecule has 0 atom stereocenters. The SMILES string of the molecule is Cc1cc(C)nc(NC(=O)c2cc(C(=O)NC3CCC(N)CC3)nn3ccnc23)c1. The van der Waals surface area contributed by atoms with E-state index in [9.17, 15) is 9.59 Å². The van der Waals surface area contributed by atoms with Gasteiger partial charge in [0.2, 0.25) is 0 Å². The normalized spacial score (nSPS) is 18.9. The van der Waals surface area contributed by atoms with Gasteiger partial charge in [-0.1, -0.05) is 0 Å². The second-order valence-electron chi connectivity index (χ2n) is 7.85. The van der Waals surface area contributed by atoms with Crippen LogP contribution in [-0.2, 0) is 0 Å². The van der Waals surface area contributed by atoms with Gasteiger partial charge in [0.05, 0.1) is 5.56 Å². The summed E-state index contributed by atoms with van der Waals surface area (Å²) in [6.45, 7) is 3.80. The van der Waals surface area contributed by atoms with E-state index in [4.69, 9.17) is 5.73 Å². The predicted molar refractivity (Wildman–Crippen MR) is 112 cm³/mol. The molecule has 0 saturated heterocycles. The number of rotatable bonds is 4. The van der Waals surface area contributed by atoms with Crippen LogP contribution in [0.2, 0.25) is 0 Å². The van der Waals surface area contributed by atoms with Gasteiger partial charge in [0.25, 0.3) is 11.8 Å². The zero-order valence-corrected chi connectivity index (χ0v) is 17.1. The maximum absolute atomic E-state index is 13.0. The van der Waals surface area contributed by atoms with Crippen LogP contribution in [-0.4, -0.2) is 43.5 Å². The van der Waals surface area contributed by atoms with E-state index in [1.807, 2.05) is 19.9 Å². The van der Waals surface area contributed by atoms with Gasteiger partial charge in [0.1, 0.15) is 11.5 Å². The molecule has 1 fully saturated rings. The van der Waals surface area contributed by atoms with Crippen LogP contribution in [0.3, 0.4) is 0 Å². The molecular formula is C21H25N7O2. The van der Waals surface area contributed by atoms with Gasteiger partial charge >= 0.3 is 0 Å². The van der Waals surface area contributed by atoms with Crippen molar-refractivity contribution in [1.82, 2.24) is 24.9 Å². The number of aromatic nitrogens is 4. The topological polar surface area (TPSA) is 127 Å². The number of amides is 2. The van der Waals surface area contributed by atoms with Gasteiger partial charge in [-0.25, -0.2) is 14.5 Å². The molecule has 3 aromatic rings. The average Bonchev–Trinajstić information content (AvgIpc) is 3.16. The number of anilines is 1. The molecule has 0 aromatic carbocycles. The summed E-state index contributed by atoms with van der Waals surface area (Å²) in [5.41, 5.74) is 8.52. The van der Waals surface area contributed by atoms with E-state index in [2.05, 4.69) is 25.7 Å². The molecule has 3 heterocycles. The molecule has 0 aliphatic heterocycles. The lowest BCUT2D eigenvalue weighted by Gasteiger charge is -2.26. The Morgan fingerprint density at radius 1 is 1.10 bits per heavy atom. The first-order valence-electron chi connectivity index (χ1n) is 10.1. The van der Waals surface area contributed by atoms with E-state index in [1.54, 1.807) is 18.5 Å². The van der Waals surface area contributed by atoms with E-state index in [1.165, 1.54) is 10.6 Å². The van der Waals surface area contributed by atoms with E-state index in [0.717, 1.165) is 36.9 Å². The third-order valence-electron chi connectivity index (χ3n) is 5.28. The maximum atomic E-state index is 13.0. The lowest BCUT2D eigenvalue weighted by atomic mass is 9.92. The predicted octanol–water partition coefficient (Wildman–Crippen LogP) is 1.99. The summed E-state index contributed by atoms with van der Waals surface area (Å²) in [6, 6.07) is 5.46. The minimum atomic E-state index is -0.399. The molecule has 4 N–H and O–H groups in total. The Kier molecular flexibility index (Phi) is 5.45. The van der Waals surface area contributed by atoms with Crippen molar-refractivity contribution in [2.75, 3.05) is 5.32 Å². The molecule has 0 bridgehead atoms. The number of nitrogens with one attached hydrogen (secondary N) is 2. The highest BCUT2D eigenvalue weighted by Crippen LogP contribution is 2.18. The Balaban J connectivity index is 1.59. The van der Waals surface area contributed by atoms with Gasteiger partial charge in [-0.15, -0.1) is 0 Å². The quantitative estimate of drug-likeness (QED) is 0.607. The Morgan fingerprint density at radius 3 is 2.60 bits per heavy atom. The lowest BCUT2D eigenvalue weighted by molar-refractivity contribution is 0.0919. The Labute approximate surface area is 174 Å². The van der Waals surface area contributed by atoms with Gasteiger partial charge in [-0.05, 0) is 63.3 Å². The van der Waals surface area contributed by atoms with Crippen LogP contribution in [0.5, 0.6) is 0 Å². The molecule has 1 saturated carbocycles. The van der Waals surface area contributed by atoms with Crippen LogP contribution in [0.25, 0.3) is 5.65 Å². The lowest BCUT2D eigenvalue weighted by Crippen LogP contribution is -2.41. The van der Waals surface area contributed by atoms with Crippen LogP contribution < -0.4 is 16.4 Å². The third kappa shape index (κ3) is 4.30. The second-order valence-corrected chi connectivity index (χ2v) is 7.85. The molecule has 2 amide bonds. The van der Waals surface area contributed by atoms with Crippen molar-refractivity contribution in [2.24, 2.45) is 5.73 Å². The van der Waals surface area contributed by atoms with Crippen molar-refractivity contribution in [2.45, 2.75) is 51.6 Å². The number of imidazole rings is 1. The summed E-state index contributed by atoms with van der Waals surface area (Å²) in [5.74, 6) is -0.267. The van der Waals surface area contributed by atoms with Crippen LogP contribution in [0.15, 0.2) is 30.6 Å². The third-order valence-corrected chi connectivity index (χ3v) is 5.28. The van der Waals surface area contributed by atoms with Gasteiger partial charge in [-0.2, -0.15) is 5.10 Å². The van der Waals surface area contributed by atoms with Gasteiger partial charge in [0, 0.05) is 30.2 Å². The summed E-state index contributed by atoms with van der Waals surface area (Å²) in [5, 5.41) is 10.1. The number of carbonyl (C=O) groups is 2. The monoisotopic (exact) mass is 407 g/mol. The molecule has 9 nitrogen and oxygen atoms in total. The molecule has 30 heavy (non-hydrogen) atoms. The standard InChI is InChI=1S/C21H25N7O2/c1-12-9-13(2)24-18(10-12)26-20(29)16-11-17(27-28-8-7-23-19(16)28)21(30)25-15-5-3-14(22)4-6-15/h7-11,14-15H,3-6,22H2,1-2H3,(H,25,30)(H,24,26,29). The first kappa shape index (κ1) is 20.0. The molecule has 4 rings (SSSR count). The number of nitrogens with two attached hydrogens (primary N) is 1. The van der Waals surface area contributed by atoms with E-state index < -0.39 is 5.91 Å². The van der Waals surface area contributed by atoms with E-state index in [0.29, 0.717) is 11.5 Å². The molecule has 0 radical (unpaired) electrons. The van der Waals surface area contributed by atoms with Crippen LogP contribution in [0.4, 0.5) is 5.82 Å². The number of aryl methyl sites for hydroxylation is 2. The fraction of sp³-hybridized carbons (Fsp3) is 0.381.